The maximum absolute atomic E-state index is 13.1. The maximum Gasteiger partial charge on any atom is 0.257 e. The molecule has 0 bridgehead atoms. The third-order valence-corrected chi connectivity index (χ3v) is 5.98. The standard InChI is InChI=1S/C24H35N3O4/c1-18-8-4-5-12-26(18)13-7-11-25-23(28)10-14-27(17-21-9-6-15-30-21)24(29)22-16-19(2)31-20(22)3/h6,9,15-16,18H,4-5,7-8,10-14,17H2,1-3H3,(H,25,28). The van der Waals surface area contributed by atoms with Crippen LogP contribution in [0.3, 0.4) is 0 Å². The quantitative estimate of drug-likeness (QED) is 0.580. The first kappa shape index (κ1) is 23.1. The lowest BCUT2D eigenvalue weighted by Gasteiger charge is -2.33. The second-order valence-corrected chi connectivity index (χ2v) is 8.47. The molecule has 1 N–H and O–H groups in total. The number of rotatable bonds is 10. The number of piperidine rings is 1. The third-order valence-electron chi connectivity index (χ3n) is 5.98. The summed E-state index contributed by atoms with van der Waals surface area (Å²) in [5.41, 5.74) is 0.528. The second kappa shape index (κ2) is 11.2. The number of hydrogen-bond acceptors (Lipinski definition) is 5. The van der Waals surface area contributed by atoms with E-state index < -0.39 is 0 Å². The largest absolute Gasteiger partial charge is 0.467 e. The van der Waals surface area contributed by atoms with Gasteiger partial charge in [0.1, 0.15) is 17.3 Å². The first-order valence-electron chi connectivity index (χ1n) is 11.3. The number of aryl methyl sites for hydroxylation is 2. The number of carbonyl (C=O) groups is 2. The number of likely N-dealkylation sites (tertiary alicyclic amines) is 1. The lowest BCUT2D eigenvalue weighted by atomic mass is 10.0. The summed E-state index contributed by atoms with van der Waals surface area (Å²) in [6, 6.07) is 6.01. The highest BCUT2D eigenvalue weighted by Gasteiger charge is 2.22. The minimum absolute atomic E-state index is 0.0379. The molecular formula is C24H35N3O4. The fraction of sp³-hybridized carbons (Fsp3) is 0.583. The molecule has 31 heavy (non-hydrogen) atoms. The molecule has 2 amide bonds. The molecule has 7 heteroatoms. The van der Waals surface area contributed by atoms with Crippen molar-refractivity contribution in [2.45, 2.75) is 65.5 Å². The van der Waals surface area contributed by atoms with Gasteiger partial charge in [-0.15, -0.1) is 0 Å². The summed E-state index contributed by atoms with van der Waals surface area (Å²) in [4.78, 5) is 29.6. The van der Waals surface area contributed by atoms with E-state index in [1.807, 2.05) is 13.0 Å². The molecule has 1 atom stereocenters. The Morgan fingerprint density at radius 3 is 2.81 bits per heavy atom. The van der Waals surface area contributed by atoms with E-state index in [4.69, 9.17) is 8.83 Å². The molecule has 1 aliphatic heterocycles. The molecule has 170 valence electrons. The van der Waals surface area contributed by atoms with Crippen LogP contribution < -0.4 is 5.32 Å². The molecule has 3 heterocycles. The van der Waals surface area contributed by atoms with E-state index in [0.29, 0.717) is 48.5 Å². The average molecular weight is 430 g/mol. The van der Waals surface area contributed by atoms with Crippen molar-refractivity contribution in [3.63, 3.8) is 0 Å². The number of amides is 2. The van der Waals surface area contributed by atoms with Crippen molar-refractivity contribution in [1.29, 1.82) is 0 Å². The fourth-order valence-corrected chi connectivity index (χ4v) is 4.18. The van der Waals surface area contributed by atoms with E-state index in [1.54, 1.807) is 30.2 Å². The van der Waals surface area contributed by atoms with Crippen LogP contribution in [-0.2, 0) is 11.3 Å². The van der Waals surface area contributed by atoms with E-state index in [9.17, 15) is 9.59 Å². The summed E-state index contributed by atoms with van der Waals surface area (Å²) in [6.07, 6.45) is 6.63. The average Bonchev–Trinajstić information content (AvgIpc) is 3.38. The lowest BCUT2D eigenvalue weighted by molar-refractivity contribution is -0.121. The van der Waals surface area contributed by atoms with Crippen molar-refractivity contribution in [3.8, 4) is 0 Å². The van der Waals surface area contributed by atoms with Gasteiger partial charge in [0.25, 0.3) is 5.91 Å². The van der Waals surface area contributed by atoms with Crippen LogP contribution in [0.1, 0.15) is 66.7 Å². The lowest BCUT2D eigenvalue weighted by Crippen LogP contribution is -2.39. The highest BCUT2D eigenvalue weighted by atomic mass is 16.3. The summed E-state index contributed by atoms with van der Waals surface area (Å²) in [7, 11) is 0. The van der Waals surface area contributed by atoms with Crippen molar-refractivity contribution in [1.82, 2.24) is 15.1 Å². The van der Waals surface area contributed by atoms with Crippen LogP contribution in [0.15, 0.2) is 33.3 Å². The van der Waals surface area contributed by atoms with E-state index in [0.717, 1.165) is 19.5 Å². The molecule has 0 saturated carbocycles. The summed E-state index contributed by atoms with van der Waals surface area (Å²) in [5, 5.41) is 3.00. The van der Waals surface area contributed by atoms with Crippen molar-refractivity contribution in [3.05, 3.63) is 47.3 Å². The van der Waals surface area contributed by atoms with Crippen LogP contribution in [0.4, 0.5) is 0 Å². The second-order valence-electron chi connectivity index (χ2n) is 8.47. The van der Waals surface area contributed by atoms with Gasteiger partial charge in [-0.25, -0.2) is 0 Å². The number of nitrogens with one attached hydrogen (secondary N) is 1. The SMILES string of the molecule is Cc1cc(C(=O)N(CCC(=O)NCCCN2CCCCC2C)Cc2ccco2)c(C)o1. The van der Waals surface area contributed by atoms with Crippen molar-refractivity contribution < 1.29 is 18.4 Å². The van der Waals surface area contributed by atoms with Gasteiger partial charge in [0.05, 0.1) is 18.4 Å². The van der Waals surface area contributed by atoms with Crippen molar-refractivity contribution in [2.24, 2.45) is 0 Å². The summed E-state index contributed by atoms with van der Waals surface area (Å²) in [5.74, 6) is 1.77. The molecule has 2 aromatic rings. The number of nitrogens with zero attached hydrogens (tertiary/aromatic N) is 2. The van der Waals surface area contributed by atoms with Crippen LogP contribution >= 0.6 is 0 Å². The van der Waals surface area contributed by atoms with Crippen LogP contribution in [0.2, 0.25) is 0 Å². The van der Waals surface area contributed by atoms with Gasteiger partial charge in [-0.05, 0) is 64.8 Å². The van der Waals surface area contributed by atoms with Gasteiger partial charge in [0.15, 0.2) is 0 Å². The minimum atomic E-state index is -0.155. The molecule has 0 radical (unpaired) electrons. The Labute approximate surface area is 184 Å². The zero-order valence-corrected chi connectivity index (χ0v) is 19.0. The van der Waals surface area contributed by atoms with Gasteiger partial charge in [-0.3, -0.25) is 9.59 Å². The molecule has 1 aliphatic rings. The van der Waals surface area contributed by atoms with Gasteiger partial charge < -0.3 is 24.0 Å². The van der Waals surface area contributed by atoms with Crippen molar-refractivity contribution in [2.75, 3.05) is 26.2 Å². The minimum Gasteiger partial charge on any atom is -0.467 e. The van der Waals surface area contributed by atoms with Crippen LogP contribution in [0.5, 0.6) is 0 Å². The maximum atomic E-state index is 13.1. The molecule has 7 nitrogen and oxygen atoms in total. The molecule has 2 aromatic heterocycles. The first-order chi connectivity index (χ1) is 14.9. The fourth-order valence-electron chi connectivity index (χ4n) is 4.18. The van der Waals surface area contributed by atoms with Gasteiger partial charge in [0, 0.05) is 32.1 Å². The van der Waals surface area contributed by atoms with Gasteiger partial charge >= 0.3 is 0 Å². The Kier molecular flexibility index (Phi) is 8.35. The molecule has 0 aliphatic carbocycles. The number of carbonyl (C=O) groups excluding carboxylic acids is 2. The third kappa shape index (κ3) is 6.72. The van der Waals surface area contributed by atoms with E-state index >= 15 is 0 Å². The highest BCUT2D eigenvalue weighted by Crippen LogP contribution is 2.18. The monoisotopic (exact) mass is 429 g/mol. The molecule has 1 fully saturated rings. The molecule has 3 rings (SSSR count). The van der Waals surface area contributed by atoms with Crippen LogP contribution in [-0.4, -0.2) is 53.8 Å². The highest BCUT2D eigenvalue weighted by molar-refractivity contribution is 5.95. The molecular weight excluding hydrogens is 394 g/mol. The van der Waals surface area contributed by atoms with E-state index in [1.165, 1.54) is 19.3 Å². The Balaban J connectivity index is 1.48. The van der Waals surface area contributed by atoms with Gasteiger partial charge in [-0.1, -0.05) is 6.42 Å². The predicted molar refractivity (Wildman–Crippen MR) is 119 cm³/mol. The van der Waals surface area contributed by atoms with E-state index in [-0.39, 0.29) is 18.2 Å². The number of hydrogen-bond donors (Lipinski definition) is 1. The Morgan fingerprint density at radius 2 is 2.13 bits per heavy atom. The zero-order chi connectivity index (χ0) is 22.2. The molecule has 0 spiro atoms. The summed E-state index contributed by atoms with van der Waals surface area (Å²) < 4.78 is 10.9. The Bertz CT molecular complexity index is 843. The van der Waals surface area contributed by atoms with Gasteiger partial charge in [-0.2, -0.15) is 0 Å². The topological polar surface area (TPSA) is 78.9 Å². The summed E-state index contributed by atoms with van der Waals surface area (Å²) >= 11 is 0. The van der Waals surface area contributed by atoms with Crippen molar-refractivity contribution >= 4 is 11.8 Å². The molecule has 1 unspecified atom stereocenters. The van der Waals surface area contributed by atoms with Gasteiger partial charge in [0.2, 0.25) is 5.91 Å². The smallest absolute Gasteiger partial charge is 0.257 e. The van der Waals surface area contributed by atoms with Crippen LogP contribution in [0, 0.1) is 13.8 Å². The first-order valence-corrected chi connectivity index (χ1v) is 11.3. The van der Waals surface area contributed by atoms with Crippen LogP contribution in [0.25, 0.3) is 0 Å². The Morgan fingerprint density at radius 1 is 1.29 bits per heavy atom. The normalized spacial score (nSPS) is 16.9. The Hall–Kier alpha value is -2.54. The molecule has 0 aromatic carbocycles. The number of furan rings is 2. The zero-order valence-electron chi connectivity index (χ0n) is 19.0. The van der Waals surface area contributed by atoms with E-state index in [2.05, 4.69) is 17.1 Å². The summed E-state index contributed by atoms with van der Waals surface area (Å²) in [6.45, 7) is 9.35. The predicted octanol–water partition coefficient (Wildman–Crippen LogP) is 3.90. The molecule has 1 saturated heterocycles.